The Balaban J connectivity index is 2.75. The van der Waals surface area contributed by atoms with Gasteiger partial charge in [0.2, 0.25) is 0 Å². The molecule has 0 aliphatic heterocycles. The highest BCUT2D eigenvalue weighted by Gasteiger charge is 2.12. The van der Waals surface area contributed by atoms with Gasteiger partial charge in [-0.3, -0.25) is 0 Å². The largest absolute Gasteiger partial charge is 0.219 e. The number of aromatic nitrogens is 3. The maximum absolute atomic E-state index is 5.98. The zero-order valence-electron chi connectivity index (χ0n) is 9.16. The first kappa shape index (κ1) is 10.4. The second kappa shape index (κ2) is 3.81. The van der Waals surface area contributed by atoms with Crippen molar-refractivity contribution in [2.24, 2.45) is 0 Å². The van der Waals surface area contributed by atoms with E-state index in [1.807, 2.05) is 16.8 Å². The molecule has 0 N–H and O–H groups in total. The Morgan fingerprint density at radius 3 is 2.80 bits per heavy atom. The summed E-state index contributed by atoms with van der Waals surface area (Å²) in [7, 11) is 0. The minimum Gasteiger partial charge on any atom is -0.219 e. The summed E-state index contributed by atoms with van der Waals surface area (Å²) in [5.41, 5.74) is 3.12. The molecule has 0 bridgehead atoms. The molecule has 0 aliphatic rings. The molecule has 0 aromatic carbocycles. The summed E-state index contributed by atoms with van der Waals surface area (Å²) in [6.45, 7) is 6.35. The first-order valence-corrected chi connectivity index (χ1v) is 5.54. The maximum atomic E-state index is 5.98. The van der Waals surface area contributed by atoms with Crippen LogP contribution in [0.3, 0.4) is 0 Å². The molecule has 0 saturated carbocycles. The van der Waals surface area contributed by atoms with Crippen LogP contribution in [-0.2, 0) is 6.42 Å². The van der Waals surface area contributed by atoms with Crippen LogP contribution in [-0.4, -0.2) is 14.6 Å². The minimum absolute atomic E-state index is 0.415. The highest BCUT2D eigenvalue weighted by atomic mass is 35.5. The monoisotopic (exact) mass is 223 g/mol. The standard InChI is InChI=1S/C11H14ClN3/c1-4-8-5-10(12)14-11-9(7(2)3)6-13-15(8)11/h5-7H,4H2,1-3H3. The lowest BCUT2D eigenvalue weighted by Gasteiger charge is -2.04. The van der Waals surface area contributed by atoms with E-state index in [9.17, 15) is 0 Å². The fourth-order valence-electron chi connectivity index (χ4n) is 1.67. The number of rotatable bonds is 2. The fourth-order valence-corrected chi connectivity index (χ4v) is 1.87. The average Bonchev–Trinajstić information content (AvgIpc) is 2.59. The SMILES string of the molecule is CCc1cc(Cl)nc2c(C(C)C)cnn12. The molecule has 15 heavy (non-hydrogen) atoms. The van der Waals surface area contributed by atoms with Crippen LogP contribution in [0.1, 0.15) is 37.9 Å². The summed E-state index contributed by atoms with van der Waals surface area (Å²) in [5.74, 6) is 0.415. The Bertz CT molecular complexity index is 488. The van der Waals surface area contributed by atoms with Gasteiger partial charge in [-0.25, -0.2) is 9.50 Å². The number of halogens is 1. The van der Waals surface area contributed by atoms with Crippen molar-refractivity contribution in [2.75, 3.05) is 0 Å². The minimum atomic E-state index is 0.415. The van der Waals surface area contributed by atoms with Gasteiger partial charge in [0.25, 0.3) is 0 Å². The zero-order chi connectivity index (χ0) is 11.0. The van der Waals surface area contributed by atoms with Gasteiger partial charge in [-0.05, 0) is 18.4 Å². The number of hydrogen-bond donors (Lipinski definition) is 0. The molecule has 0 amide bonds. The fraction of sp³-hybridized carbons (Fsp3) is 0.455. The van der Waals surface area contributed by atoms with Gasteiger partial charge in [0.05, 0.1) is 6.20 Å². The quantitative estimate of drug-likeness (QED) is 0.733. The predicted octanol–water partition coefficient (Wildman–Crippen LogP) is 3.07. The van der Waals surface area contributed by atoms with Crippen LogP contribution in [0, 0.1) is 0 Å². The van der Waals surface area contributed by atoms with Crippen LogP contribution in [0.4, 0.5) is 0 Å². The maximum Gasteiger partial charge on any atom is 0.160 e. The van der Waals surface area contributed by atoms with E-state index >= 15 is 0 Å². The van der Waals surface area contributed by atoms with Crippen molar-refractivity contribution in [1.29, 1.82) is 0 Å². The lowest BCUT2D eigenvalue weighted by molar-refractivity contribution is 0.846. The van der Waals surface area contributed by atoms with Crippen LogP contribution in [0.15, 0.2) is 12.3 Å². The van der Waals surface area contributed by atoms with E-state index in [0.717, 1.165) is 23.3 Å². The molecule has 2 rings (SSSR count). The molecule has 0 saturated heterocycles. The molecule has 3 nitrogen and oxygen atoms in total. The summed E-state index contributed by atoms with van der Waals surface area (Å²) in [5, 5.41) is 4.89. The molecule has 2 heterocycles. The highest BCUT2D eigenvalue weighted by Crippen LogP contribution is 2.21. The van der Waals surface area contributed by atoms with Crippen molar-refractivity contribution in [3.8, 4) is 0 Å². The molecular formula is C11H14ClN3. The molecule has 0 spiro atoms. The zero-order valence-corrected chi connectivity index (χ0v) is 9.91. The summed E-state index contributed by atoms with van der Waals surface area (Å²) in [6, 6.07) is 1.87. The van der Waals surface area contributed by atoms with Crippen molar-refractivity contribution in [3.63, 3.8) is 0 Å². The lowest BCUT2D eigenvalue weighted by atomic mass is 10.1. The molecular weight excluding hydrogens is 210 g/mol. The van der Waals surface area contributed by atoms with E-state index in [4.69, 9.17) is 11.6 Å². The van der Waals surface area contributed by atoms with E-state index in [1.165, 1.54) is 0 Å². The lowest BCUT2D eigenvalue weighted by Crippen LogP contribution is -2.00. The normalized spacial score (nSPS) is 11.5. The third-order valence-electron chi connectivity index (χ3n) is 2.53. The molecule has 0 unspecified atom stereocenters. The van der Waals surface area contributed by atoms with Gasteiger partial charge in [0.15, 0.2) is 5.65 Å². The predicted molar refractivity (Wildman–Crippen MR) is 61.5 cm³/mol. The average molecular weight is 224 g/mol. The van der Waals surface area contributed by atoms with Gasteiger partial charge in [-0.2, -0.15) is 5.10 Å². The Labute approximate surface area is 94.1 Å². The van der Waals surface area contributed by atoms with E-state index in [0.29, 0.717) is 11.1 Å². The van der Waals surface area contributed by atoms with Crippen molar-refractivity contribution in [3.05, 3.63) is 28.7 Å². The summed E-state index contributed by atoms with van der Waals surface area (Å²) >= 11 is 5.98. The van der Waals surface area contributed by atoms with Crippen LogP contribution >= 0.6 is 11.6 Å². The summed E-state index contributed by atoms with van der Waals surface area (Å²) in [4.78, 5) is 4.33. The molecule has 4 heteroatoms. The van der Waals surface area contributed by atoms with Gasteiger partial charge in [-0.1, -0.05) is 32.4 Å². The number of fused-ring (bicyclic) bond motifs is 1. The second-order valence-electron chi connectivity index (χ2n) is 3.91. The Hall–Kier alpha value is -1.09. The van der Waals surface area contributed by atoms with Gasteiger partial charge in [0.1, 0.15) is 5.15 Å². The molecule has 2 aromatic heterocycles. The van der Waals surface area contributed by atoms with Crippen LogP contribution in [0.5, 0.6) is 0 Å². The third-order valence-corrected chi connectivity index (χ3v) is 2.72. The van der Waals surface area contributed by atoms with E-state index in [2.05, 4.69) is 30.9 Å². The summed E-state index contributed by atoms with van der Waals surface area (Å²) < 4.78 is 1.88. The molecule has 0 atom stereocenters. The van der Waals surface area contributed by atoms with E-state index < -0.39 is 0 Å². The van der Waals surface area contributed by atoms with Gasteiger partial charge < -0.3 is 0 Å². The van der Waals surface area contributed by atoms with Crippen LogP contribution < -0.4 is 0 Å². The summed E-state index contributed by atoms with van der Waals surface area (Å²) in [6.07, 6.45) is 2.78. The molecule has 80 valence electrons. The van der Waals surface area contributed by atoms with Gasteiger partial charge in [-0.15, -0.1) is 0 Å². The first-order valence-electron chi connectivity index (χ1n) is 5.16. The highest BCUT2D eigenvalue weighted by molar-refractivity contribution is 6.29. The van der Waals surface area contributed by atoms with Crippen molar-refractivity contribution < 1.29 is 0 Å². The topological polar surface area (TPSA) is 30.2 Å². The Morgan fingerprint density at radius 2 is 2.20 bits per heavy atom. The van der Waals surface area contributed by atoms with E-state index in [1.54, 1.807) is 0 Å². The molecule has 0 aliphatic carbocycles. The Kier molecular flexibility index (Phi) is 2.65. The number of hydrogen-bond acceptors (Lipinski definition) is 2. The van der Waals surface area contributed by atoms with Crippen LogP contribution in [0.25, 0.3) is 5.65 Å². The molecule has 0 radical (unpaired) electrons. The number of aryl methyl sites for hydroxylation is 1. The van der Waals surface area contributed by atoms with E-state index in [-0.39, 0.29) is 0 Å². The molecule has 2 aromatic rings. The third kappa shape index (κ3) is 1.72. The first-order chi connectivity index (χ1) is 7.13. The van der Waals surface area contributed by atoms with Crippen LogP contribution in [0.2, 0.25) is 5.15 Å². The second-order valence-corrected chi connectivity index (χ2v) is 4.30. The van der Waals surface area contributed by atoms with Gasteiger partial charge >= 0.3 is 0 Å². The van der Waals surface area contributed by atoms with Crippen molar-refractivity contribution in [2.45, 2.75) is 33.1 Å². The molecule has 0 fully saturated rings. The smallest absolute Gasteiger partial charge is 0.160 e. The van der Waals surface area contributed by atoms with Gasteiger partial charge in [0, 0.05) is 11.3 Å². The Morgan fingerprint density at radius 1 is 1.47 bits per heavy atom. The number of nitrogens with zero attached hydrogens (tertiary/aromatic N) is 3. The van der Waals surface area contributed by atoms with Crippen molar-refractivity contribution in [1.82, 2.24) is 14.6 Å². The van der Waals surface area contributed by atoms with Crippen molar-refractivity contribution >= 4 is 17.2 Å².